The van der Waals surface area contributed by atoms with Crippen molar-refractivity contribution in [3.63, 3.8) is 0 Å². The lowest BCUT2D eigenvalue weighted by atomic mass is 9.81. The Morgan fingerprint density at radius 1 is 1.11 bits per heavy atom. The van der Waals surface area contributed by atoms with Crippen molar-refractivity contribution in [1.29, 1.82) is 0 Å². The molecule has 2 aliphatic rings. The Labute approximate surface area is 167 Å². The van der Waals surface area contributed by atoms with E-state index in [0.29, 0.717) is 36.9 Å². The third-order valence-corrected chi connectivity index (χ3v) is 6.19. The molecular weight excluding hydrogens is 357 g/mol. The molecule has 1 aromatic rings. The third kappa shape index (κ3) is 5.53. The lowest BCUT2D eigenvalue weighted by Crippen LogP contribution is -2.45. The van der Waals surface area contributed by atoms with E-state index < -0.39 is 0 Å². The molecule has 2 amide bonds. The Kier molecular flexibility index (Phi) is 7.43. The van der Waals surface area contributed by atoms with Gasteiger partial charge in [0, 0.05) is 38.2 Å². The smallest absolute Gasteiger partial charge is 0.253 e. The minimum atomic E-state index is -0.336. The van der Waals surface area contributed by atoms with E-state index >= 15 is 0 Å². The summed E-state index contributed by atoms with van der Waals surface area (Å²) in [5, 5.41) is 3.07. The van der Waals surface area contributed by atoms with Gasteiger partial charge in [-0.3, -0.25) is 9.59 Å². The van der Waals surface area contributed by atoms with Gasteiger partial charge in [0.15, 0.2) is 0 Å². The van der Waals surface area contributed by atoms with Crippen molar-refractivity contribution in [1.82, 2.24) is 15.1 Å². The zero-order valence-electron chi connectivity index (χ0n) is 16.8. The second kappa shape index (κ2) is 10.0. The van der Waals surface area contributed by atoms with Crippen molar-refractivity contribution in [2.45, 2.75) is 39.0 Å². The maximum absolute atomic E-state index is 13.1. The quantitative estimate of drug-likeness (QED) is 0.780. The number of amides is 2. The van der Waals surface area contributed by atoms with E-state index in [1.807, 2.05) is 4.90 Å². The first-order valence-electron chi connectivity index (χ1n) is 10.6. The number of hydrogen-bond acceptors (Lipinski definition) is 3. The summed E-state index contributed by atoms with van der Waals surface area (Å²) < 4.78 is 13.1. The van der Waals surface area contributed by atoms with Crippen LogP contribution in [-0.2, 0) is 4.79 Å². The zero-order valence-corrected chi connectivity index (χ0v) is 16.8. The third-order valence-electron chi connectivity index (χ3n) is 6.19. The molecule has 5 nitrogen and oxygen atoms in total. The molecule has 2 fully saturated rings. The number of carbonyl (C=O) groups is 2. The van der Waals surface area contributed by atoms with Crippen LogP contribution in [0.2, 0.25) is 0 Å². The van der Waals surface area contributed by atoms with E-state index in [2.05, 4.69) is 17.1 Å². The number of carbonyl (C=O) groups excluding carboxylic acids is 2. The fourth-order valence-corrected chi connectivity index (χ4v) is 4.44. The van der Waals surface area contributed by atoms with Gasteiger partial charge in [-0.15, -0.1) is 0 Å². The molecule has 0 radical (unpaired) electrons. The molecule has 1 aromatic carbocycles. The molecule has 2 atom stereocenters. The standard InChI is InChI=1S/C22H32FN3O2/c1-2-17-16-26(22(28)18-5-7-20(23)8-6-18)13-9-19(17)15-21(27)24-10-14-25-11-3-4-12-25/h5-8,17,19H,2-4,9-16H2,1H3,(H,24,27). The molecule has 28 heavy (non-hydrogen) atoms. The summed E-state index contributed by atoms with van der Waals surface area (Å²) in [5.74, 6) is 0.377. The minimum Gasteiger partial charge on any atom is -0.355 e. The van der Waals surface area contributed by atoms with Crippen molar-refractivity contribution >= 4 is 11.8 Å². The molecule has 0 aliphatic carbocycles. The molecule has 154 valence electrons. The molecule has 0 bridgehead atoms. The van der Waals surface area contributed by atoms with Gasteiger partial charge in [0.25, 0.3) is 5.91 Å². The Morgan fingerprint density at radius 2 is 1.82 bits per heavy atom. The van der Waals surface area contributed by atoms with E-state index in [1.165, 1.54) is 25.0 Å². The van der Waals surface area contributed by atoms with Crippen LogP contribution >= 0.6 is 0 Å². The Bertz CT molecular complexity index is 658. The SMILES string of the molecule is CCC1CN(C(=O)c2ccc(F)cc2)CCC1CC(=O)NCCN1CCCC1. The fraction of sp³-hybridized carbons (Fsp3) is 0.636. The number of likely N-dealkylation sites (tertiary alicyclic amines) is 2. The molecule has 0 aromatic heterocycles. The normalized spacial score (nSPS) is 23.0. The average Bonchev–Trinajstić information content (AvgIpc) is 3.22. The van der Waals surface area contributed by atoms with Crippen LogP contribution in [-0.4, -0.2) is 60.9 Å². The maximum atomic E-state index is 13.1. The van der Waals surface area contributed by atoms with E-state index in [0.717, 1.165) is 39.0 Å². The van der Waals surface area contributed by atoms with Gasteiger partial charge in [0.1, 0.15) is 5.82 Å². The number of hydrogen-bond donors (Lipinski definition) is 1. The van der Waals surface area contributed by atoms with Crippen molar-refractivity contribution in [3.05, 3.63) is 35.6 Å². The van der Waals surface area contributed by atoms with Gasteiger partial charge in [0.05, 0.1) is 0 Å². The van der Waals surface area contributed by atoms with Gasteiger partial charge in [-0.2, -0.15) is 0 Å². The van der Waals surface area contributed by atoms with Crippen LogP contribution < -0.4 is 5.32 Å². The zero-order chi connectivity index (χ0) is 19.9. The minimum absolute atomic E-state index is 0.0491. The highest BCUT2D eigenvalue weighted by Gasteiger charge is 2.32. The Hall–Kier alpha value is -1.95. The molecule has 2 heterocycles. The highest BCUT2D eigenvalue weighted by atomic mass is 19.1. The van der Waals surface area contributed by atoms with E-state index in [1.54, 1.807) is 12.1 Å². The summed E-state index contributed by atoms with van der Waals surface area (Å²) in [6.45, 7) is 7.39. The molecule has 0 saturated carbocycles. The number of nitrogens with zero attached hydrogens (tertiary/aromatic N) is 2. The summed E-state index contributed by atoms with van der Waals surface area (Å²) in [6, 6.07) is 5.73. The van der Waals surface area contributed by atoms with Crippen molar-refractivity contribution in [3.8, 4) is 0 Å². The summed E-state index contributed by atoms with van der Waals surface area (Å²) in [6.07, 6.45) is 4.85. The largest absolute Gasteiger partial charge is 0.355 e. The molecular formula is C22H32FN3O2. The van der Waals surface area contributed by atoms with Crippen LogP contribution in [0, 0.1) is 17.7 Å². The summed E-state index contributed by atoms with van der Waals surface area (Å²) in [5.41, 5.74) is 0.523. The molecule has 2 aliphatic heterocycles. The van der Waals surface area contributed by atoms with Crippen LogP contribution in [0.3, 0.4) is 0 Å². The first kappa shape index (κ1) is 20.8. The first-order valence-corrected chi connectivity index (χ1v) is 10.6. The topological polar surface area (TPSA) is 52.7 Å². The molecule has 2 unspecified atom stereocenters. The van der Waals surface area contributed by atoms with Crippen molar-refractivity contribution in [2.75, 3.05) is 39.3 Å². The summed E-state index contributed by atoms with van der Waals surface area (Å²) in [4.78, 5) is 29.3. The van der Waals surface area contributed by atoms with Gasteiger partial charge >= 0.3 is 0 Å². The van der Waals surface area contributed by atoms with Crippen LogP contribution in [0.4, 0.5) is 4.39 Å². The lowest BCUT2D eigenvalue weighted by Gasteiger charge is -2.38. The monoisotopic (exact) mass is 389 g/mol. The maximum Gasteiger partial charge on any atom is 0.253 e. The van der Waals surface area contributed by atoms with Gasteiger partial charge in [0.2, 0.25) is 5.91 Å². The predicted molar refractivity (Wildman–Crippen MR) is 107 cm³/mol. The number of benzene rings is 1. The first-order chi connectivity index (χ1) is 13.6. The molecule has 6 heteroatoms. The van der Waals surface area contributed by atoms with Gasteiger partial charge in [-0.25, -0.2) is 4.39 Å². The molecule has 3 rings (SSSR count). The van der Waals surface area contributed by atoms with Crippen molar-refractivity contribution in [2.24, 2.45) is 11.8 Å². The number of halogens is 1. The average molecular weight is 390 g/mol. The highest BCUT2D eigenvalue weighted by molar-refractivity contribution is 5.94. The second-order valence-corrected chi connectivity index (χ2v) is 8.08. The van der Waals surface area contributed by atoms with Gasteiger partial charge < -0.3 is 15.1 Å². The Balaban J connectivity index is 1.46. The van der Waals surface area contributed by atoms with Crippen LogP contribution in [0.15, 0.2) is 24.3 Å². The summed E-state index contributed by atoms with van der Waals surface area (Å²) >= 11 is 0. The van der Waals surface area contributed by atoms with Crippen molar-refractivity contribution < 1.29 is 14.0 Å². The second-order valence-electron chi connectivity index (χ2n) is 8.08. The van der Waals surface area contributed by atoms with E-state index in [9.17, 15) is 14.0 Å². The van der Waals surface area contributed by atoms with Crippen LogP contribution in [0.5, 0.6) is 0 Å². The fourth-order valence-electron chi connectivity index (χ4n) is 4.44. The van der Waals surface area contributed by atoms with Gasteiger partial charge in [-0.05, 0) is 68.5 Å². The highest BCUT2D eigenvalue weighted by Crippen LogP contribution is 2.29. The lowest BCUT2D eigenvalue weighted by molar-refractivity contribution is -0.122. The Morgan fingerprint density at radius 3 is 2.50 bits per heavy atom. The number of nitrogens with one attached hydrogen (secondary N) is 1. The predicted octanol–water partition coefficient (Wildman–Crippen LogP) is 2.92. The van der Waals surface area contributed by atoms with E-state index in [4.69, 9.17) is 0 Å². The molecule has 2 saturated heterocycles. The van der Waals surface area contributed by atoms with Crippen LogP contribution in [0.1, 0.15) is 49.4 Å². The molecule has 1 N–H and O–H groups in total. The number of rotatable bonds is 7. The van der Waals surface area contributed by atoms with Gasteiger partial charge in [-0.1, -0.05) is 13.3 Å². The molecule has 0 spiro atoms. The number of piperidine rings is 1. The van der Waals surface area contributed by atoms with Crippen LogP contribution in [0.25, 0.3) is 0 Å². The summed E-state index contributed by atoms with van der Waals surface area (Å²) in [7, 11) is 0. The van der Waals surface area contributed by atoms with E-state index in [-0.39, 0.29) is 17.6 Å².